The highest BCUT2D eigenvalue weighted by atomic mass is 16.6. The molecule has 0 aliphatic heterocycles. The Morgan fingerprint density at radius 2 is 1.00 bits per heavy atom. The number of rotatable bonds is 19. The number of carbonyl (C=O) groups is 4. The molecule has 0 radical (unpaired) electrons. The second-order valence-electron chi connectivity index (χ2n) is 12.7. The lowest BCUT2D eigenvalue weighted by atomic mass is 10.2. The van der Waals surface area contributed by atoms with Crippen LogP contribution in [0.3, 0.4) is 0 Å². The van der Waals surface area contributed by atoms with Crippen molar-refractivity contribution in [1.29, 1.82) is 0 Å². The highest BCUT2D eigenvalue weighted by Gasteiger charge is 2.24. The largest absolute Gasteiger partial charge is 0.459 e. The van der Waals surface area contributed by atoms with E-state index in [2.05, 4.69) is 0 Å². The van der Waals surface area contributed by atoms with Crippen LogP contribution >= 0.6 is 0 Å². The quantitative estimate of drug-likeness (QED) is 0.121. The Morgan fingerprint density at radius 1 is 0.553 bits per heavy atom. The molecule has 0 aromatic heterocycles. The van der Waals surface area contributed by atoms with Crippen molar-refractivity contribution in [2.24, 2.45) is 0 Å². The molecular formula is C35H50N2O10. The third kappa shape index (κ3) is 19.3. The summed E-state index contributed by atoms with van der Waals surface area (Å²) in [5.74, 6) is -1.49. The first-order chi connectivity index (χ1) is 22.2. The van der Waals surface area contributed by atoms with Crippen LogP contribution in [0.1, 0.15) is 52.7 Å². The molecule has 0 spiro atoms. The third-order valence-corrected chi connectivity index (χ3v) is 6.00. The number of benzene rings is 2. The summed E-state index contributed by atoms with van der Waals surface area (Å²) in [6.45, 7) is 11.5. The average molecular weight is 659 g/mol. The maximum absolute atomic E-state index is 12.8. The van der Waals surface area contributed by atoms with Crippen LogP contribution < -0.4 is 0 Å². The molecule has 260 valence electrons. The summed E-state index contributed by atoms with van der Waals surface area (Å²) in [7, 11) is 0. The third-order valence-electron chi connectivity index (χ3n) is 6.00. The lowest BCUT2D eigenvalue weighted by Crippen LogP contribution is -2.41. The van der Waals surface area contributed by atoms with E-state index in [9.17, 15) is 19.2 Å². The van der Waals surface area contributed by atoms with Crippen molar-refractivity contribution in [3.05, 3.63) is 71.8 Å². The minimum absolute atomic E-state index is 0.0583. The highest BCUT2D eigenvalue weighted by molar-refractivity contribution is 5.78. The molecule has 0 fully saturated rings. The molecule has 0 bridgehead atoms. The highest BCUT2D eigenvalue weighted by Crippen LogP contribution is 2.10. The Kier molecular flexibility index (Phi) is 16.9. The molecule has 47 heavy (non-hydrogen) atoms. The molecule has 0 N–H and O–H groups in total. The predicted molar refractivity (Wildman–Crippen MR) is 174 cm³/mol. The topological polar surface area (TPSA) is 130 Å². The minimum atomic E-state index is -0.666. The zero-order valence-electron chi connectivity index (χ0n) is 28.5. The van der Waals surface area contributed by atoms with E-state index in [-0.39, 0.29) is 72.4 Å². The molecule has 0 saturated heterocycles. The lowest BCUT2D eigenvalue weighted by molar-refractivity contribution is -0.160. The maximum atomic E-state index is 12.8. The second kappa shape index (κ2) is 20.3. The summed E-state index contributed by atoms with van der Waals surface area (Å²) in [6, 6.07) is 18.5. The van der Waals surface area contributed by atoms with Crippen LogP contribution in [-0.4, -0.2) is 104 Å². The number of esters is 3. The second-order valence-corrected chi connectivity index (χ2v) is 12.7. The van der Waals surface area contributed by atoms with Crippen molar-refractivity contribution in [1.82, 2.24) is 9.80 Å². The van der Waals surface area contributed by atoms with Crippen LogP contribution in [0.2, 0.25) is 0 Å². The van der Waals surface area contributed by atoms with Gasteiger partial charge < -0.3 is 28.4 Å². The number of hydrogen-bond acceptors (Lipinski definition) is 11. The van der Waals surface area contributed by atoms with Gasteiger partial charge in [-0.1, -0.05) is 60.7 Å². The Bertz CT molecular complexity index is 1200. The van der Waals surface area contributed by atoms with Crippen molar-refractivity contribution < 1.29 is 47.6 Å². The molecule has 2 aromatic carbocycles. The number of carbonyl (C=O) groups excluding carboxylic acids is 4. The molecule has 0 heterocycles. The van der Waals surface area contributed by atoms with E-state index in [0.29, 0.717) is 0 Å². The number of nitrogens with zero attached hydrogens (tertiary/aromatic N) is 2. The molecule has 0 atom stereocenters. The molecule has 12 heteroatoms. The standard InChI is InChI=1S/C35H50N2O10/c1-34(2,3)46-31(39)23-36(24-32(40)47-35(4,5)6)17-19-42-21-22-43-20-18-37(33(41)45-27-29-15-11-8-12-16-29)25-30(38)44-26-28-13-9-7-10-14-28/h7-16H,17-27H2,1-6H3. The lowest BCUT2D eigenvalue weighted by Gasteiger charge is -2.26. The van der Waals surface area contributed by atoms with E-state index in [1.807, 2.05) is 60.7 Å². The fraction of sp³-hybridized carbons (Fsp3) is 0.543. The van der Waals surface area contributed by atoms with Crippen molar-refractivity contribution in [2.45, 2.75) is 66.0 Å². The summed E-state index contributed by atoms with van der Waals surface area (Å²) in [5, 5.41) is 0. The molecule has 0 saturated carbocycles. The van der Waals surface area contributed by atoms with Gasteiger partial charge in [-0.25, -0.2) is 4.79 Å². The van der Waals surface area contributed by atoms with E-state index >= 15 is 0 Å². The summed E-state index contributed by atoms with van der Waals surface area (Å²) in [6.07, 6.45) is -0.666. The molecule has 0 aliphatic carbocycles. The van der Waals surface area contributed by atoms with E-state index in [0.717, 1.165) is 11.1 Å². The predicted octanol–water partition coefficient (Wildman–Crippen LogP) is 4.39. The fourth-order valence-electron chi connectivity index (χ4n) is 4.00. The summed E-state index contributed by atoms with van der Waals surface area (Å²) in [5.41, 5.74) is 0.343. The Labute approximate surface area is 278 Å². The summed E-state index contributed by atoms with van der Waals surface area (Å²) >= 11 is 0. The van der Waals surface area contributed by atoms with Crippen LogP contribution in [0.25, 0.3) is 0 Å². The van der Waals surface area contributed by atoms with Crippen LogP contribution in [0, 0.1) is 0 Å². The monoisotopic (exact) mass is 658 g/mol. The molecular weight excluding hydrogens is 608 g/mol. The van der Waals surface area contributed by atoms with Gasteiger partial charge in [0.2, 0.25) is 0 Å². The smallest absolute Gasteiger partial charge is 0.410 e. The number of hydrogen-bond donors (Lipinski definition) is 0. The molecule has 2 rings (SSSR count). The average Bonchev–Trinajstić information content (AvgIpc) is 2.98. The fourth-order valence-corrected chi connectivity index (χ4v) is 4.00. The Hall–Kier alpha value is -4.00. The number of ether oxygens (including phenoxy) is 6. The zero-order valence-corrected chi connectivity index (χ0v) is 28.5. The van der Waals surface area contributed by atoms with Gasteiger partial charge in [0, 0.05) is 13.1 Å². The van der Waals surface area contributed by atoms with E-state index in [1.165, 1.54) is 4.90 Å². The van der Waals surface area contributed by atoms with Crippen LogP contribution in [0.15, 0.2) is 60.7 Å². The van der Waals surface area contributed by atoms with Crippen LogP contribution in [0.4, 0.5) is 4.79 Å². The molecule has 0 aliphatic rings. The van der Waals surface area contributed by atoms with Crippen molar-refractivity contribution in [3.63, 3.8) is 0 Å². The van der Waals surface area contributed by atoms with Gasteiger partial charge in [0.25, 0.3) is 0 Å². The van der Waals surface area contributed by atoms with Crippen molar-refractivity contribution in [2.75, 3.05) is 59.2 Å². The molecule has 1 amide bonds. The molecule has 2 aromatic rings. The van der Waals surface area contributed by atoms with Crippen molar-refractivity contribution >= 4 is 24.0 Å². The minimum Gasteiger partial charge on any atom is -0.459 e. The molecule has 12 nitrogen and oxygen atoms in total. The van der Waals surface area contributed by atoms with Gasteiger partial charge in [-0.05, 0) is 52.7 Å². The first kappa shape index (κ1) is 39.2. The van der Waals surface area contributed by atoms with Gasteiger partial charge >= 0.3 is 24.0 Å². The van der Waals surface area contributed by atoms with Gasteiger partial charge in [-0.3, -0.25) is 24.2 Å². The van der Waals surface area contributed by atoms with Crippen LogP contribution in [0.5, 0.6) is 0 Å². The van der Waals surface area contributed by atoms with Gasteiger partial charge in [-0.2, -0.15) is 0 Å². The van der Waals surface area contributed by atoms with Gasteiger partial charge in [0.05, 0.1) is 39.5 Å². The van der Waals surface area contributed by atoms with Crippen LogP contribution in [-0.2, 0) is 56.0 Å². The SMILES string of the molecule is CC(C)(C)OC(=O)CN(CCOCCOCCN(CC(=O)OCc1ccccc1)C(=O)OCc1ccccc1)CC(=O)OC(C)(C)C. The number of amides is 1. The van der Waals surface area contributed by atoms with Gasteiger partial charge in [0.1, 0.15) is 31.0 Å². The van der Waals surface area contributed by atoms with E-state index < -0.39 is 35.2 Å². The maximum Gasteiger partial charge on any atom is 0.410 e. The Morgan fingerprint density at radius 3 is 1.47 bits per heavy atom. The zero-order chi connectivity index (χ0) is 34.7. The van der Waals surface area contributed by atoms with Crippen molar-refractivity contribution in [3.8, 4) is 0 Å². The summed E-state index contributed by atoms with van der Waals surface area (Å²) < 4.78 is 32.9. The normalized spacial score (nSPS) is 11.6. The Balaban J connectivity index is 1.80. The van der Waals surface area contributed by atoms with Gasteiger partial charge in [0.15, 0.2) is 0 Å². The van der Waals surface area contributed by atoms with E-state index in [4.69, 9.17) is 28.4 Å². The summed E-state index contributed by atoms with van der Waals surface area (Å²) in [4.78, 5) is 53.0. The van der Waals surface area contributed by atoms with E-state index in [1.54, 1.807) is 46.4 Å². The van der Waals surface area contributed by atoms with Gasteiger partial charge in [-0.15, -0.1) is 0 Å². The molecule has 0 unspecified atom stereocenters. The first-order valence-electron chi connectivity index (χ1n) is 15.7. The first-order valence-corrected chi connectivity index (χ1v) is 15.7.